The summed E-state index contributed by atoms with van der Waals surface area (Å²) in [7, 11) is 0. The molecule has 32 heavy (non-hydrogen) atoms. The fraction of sp³-hybridized carbons (Fsp3) is 0. The molecular formula is C28H19N3O. The Hall–Kier alpha value is -4.44. The van der Waals surface area contributed by atoms with E-state index < -0.39 is 0 Å². The molecule has 3 aromatic heterocycles. The number of para-hydroxylation sites is 1. The van der Waals surface area contributed by atoms with Gasteiger partial charge in [0.05, 0.1) is 13.8 Å². The van der Waals surface area contributed by atoms with Gasteiger partial charge in [-0.1, -0.05) is 54.6 Å². The first-order valence-corrected chi connectivity index (χ1v) is 10.3. The van der Waals surface area contributed by atoms with E-state index >= 15 is 0 Å². The van der Waals surface area contributed by atoms with E-state index in [1.807, 2.05) is 36.4 Å². The fourth-order valence-corrected chi connectivity index (χ4v) is 4.04. The molecule has 4 nitrogen and oxygen atoms in total. The van der Waals surface area contributed by atoms with Crippen LogP contribution >= 0.6 is 0 Å². The molecular weight excluding hydrogens is 394 g/mol. The zero-order chi connectivity index (χ0) is 23.1. The number of nitrogens with zero attached hydrogens (tertiary/aromatic N) is 3. The van der Waals surface area contributed by atoms with Crippen molar-refractivity contribution in [2.75, 3.05) is 0 Å². The summed E-state index contributed by atoms with van der Waals surface area (Å²) in [6.07, 6.45) is 3.28. The summed E-state index contributed by atoms with van der Waals surface area (Å²) < 4.78 is 24.2. The predicted octanol–water partition coefficient (Wildman–Crippen LogP) is 7.03. The molecule has 0 aliphatic rings. The van der Waals surface area contributed by atoms with Crippen molar-refractivity contribution in [2.24, 2.45) is 0 Å². The average molecular weight is 415 g/mol. The zero-order valence-corrected chi connectivity index (χ0v) is 17.1. The Morgan fingerprint density at radius 2 is 1.56 bits per heavy atom. The van der Waals surface area contributed by atoms with Crippen molar-refractivity contribution in [3.8, 4) is 28.6 Å². The third-order valence-electron chi connectivity index (χ3n) is 5.45. The topological polar surface area (TPSA) is 39.9 Å². The minimum atomic E-state index is 0.350. The van der Waals surface area contributed by atoms with Crippen LogP contribution in [0.5, 0.6) is 11.6 Å². The highest BCUT2D eigenvalue weighted by Gasteiger charge is 2.13. The number of hydrogen-bond acceptors (Lipinski definition) is 3. The van der Waals surface area contributed by atoms with Gasteiger partial charge in [-0.3, -0.25) is 4.57 Å². The van der Waals surface area contributed by atoms with Gasteiger partial charge in [0.1, 0.15) is 11.6 Å². The smallest absolute Gasteiger partial charge is 0.219 e. The number of ether oxygens (including phenoxy) is 1. The summed E-state index contributed by atoms with van der Waals surface area (Å²) in [6.45, 7) is 0. The fourth-order valence-electron chi connectivity index (χ4n) is 4.04. The van der Waals surface area contributed by atoms with E-state index in [0.29, 0.717) is 29.5 Å². The zero-order valence-electron chi connectivity index (χ0n) is 19.1. The summed E-state index contributed by atoms with van der Waals surface area (Å²) in [5.74, 6) is 1.64. The van der Waals surface area contributed by atoms with Crippen LogP contribution in [0.25, 0.3) is 38.8 Å². The molecule has 0 bridgehead atoms. The Balaban J connectivity index is 1.50. The highest BCUT2D eigenvalue weighted by Crippen LogP contribution is 2.35. The van der Waals surface area contributed by atoms with Gasteiger partial charge in [-0.05, 0) is 53.6 Å². The maximum Gasteiger partial charge on any atom is 0.219 e. The van der Waals surface area contributed by atoms with Crippen molar-refractivity contribution in [1.29, 1.82) is 0 Å². The SMILES string of the molecule is [2H]c1ccnc(Oc2cccc(-c3ccc4c5ccccc5n(-c5ncccc5[2H])c4c3)c2)c1. The van der Waals surface area contributed by atoms with Crippen LogP contribution in [-0.4, -0.2) is 14.5 Å². The first-order valence-electron chi connectivity index (χ1n) is 11.3. The molecule has 3 aromatic carbocycles. The average Bonchev–Trinajstić information content (AvgIpc) is 3.18. The lowest BCUT2D eigenvalue weighted by Crippen LogP contribution is -1.96. The molecule has 0 atom stereocenters. The first kappa shape index (κ1) is 16.3. The Morgan fingerprint density at radius 1 is 0.688 bits per heavy atom. The van der Waals surface area contributed by atoms with E-state index in [4.69, 9.17) is 7.48 Å². The summed E-state index contributed by atoms with van der Waals surface area (Å²) in [4.78, 5) is 8.71. The largest absolute Gasteiger partial charge is 0.439 e. The van der Waals surface area contributed by atoms with Gasteiger partial charge < -0.3 is 4.74 Å². The molecule has 0 fully saturated rings. The van der Waals surface area contributed by atoms with Crippen LogP contribution in [0.15, 0.2) is 115 Å². The minimum absolute atomic E-state index is 0.350. The molecule has 6 aromatic rings. The molecule has 0 radical (unpaired) electrons. The number of fused-ring (bicyclic) bond motifs is 3. The molecule has 0 saturated carbocycles. The summed E-state index contributed by atoms with van der Waals surface area (Å²) in [5.41, 5.74) is 4.01. The third-order valence-corrected chi connectivity index (χ3v) is 5.45. The Bertz CT molecular complexity index is 1680. The van der Waals surface area contributed by atoms with Gasteiger partial charge in [0.25, 0.3) is 0 Å². The monoisotopic (exact) mass is 415 g/mol. The molecule has 6 rings (SSSR count). The quantitative estimate of drug-likeness (QED) is 0.310. The first-order chi connectivity index (χ1) is 16.7. The van der Waals surface area contributed by atoms with Crippen LogP contribution in [0.4, 0.5) is 0 Å². The van der Waals surface area contributed by atoms with Gasteiger partial charge in [0.15, 0.2) is 0 Å². The minimum Gasteiger partial charge on any atom is -0.439 e. The van der Waals surface area contributed by atoms with Crippen molar-refractivity contribution < 1.29 is 7.48 Å². The summed E-state index contributed by atoms with van der Waals surface area (Å²) >= 11 is 0. The van der Waals surface area contributed by atoms with Crippen molar-refractivity contribution in [1.82, 2.24) is 14.5 Å². The van der Waals surface area contributed by atoms with Gasteiger partial charge >= 0.3 is 0 Å². The van der Waals surface area contributed by atoms with Crippen LogP contribution in [-0.2, 0) is 0 Å². The molecule has 152 valence electrons. The standard InChI is InChI=1S/C28H19N3O/c1-2-11-25-23(10-1)24-15-14-21(19-26(24)31(25)27-12-3-5-16-29-27)20-8-7-9-22(18-20)32-28-13-4-6-17-30-28/h1-19H/i4D,12D. The second-order valence-electron chi connectivity index (χ2n) is 7.41. The number of pyridine rings is 2. The van der Waals surface area contributed by atoms with E-state index in [2.05, 4.69) is 44.9 Å². The molecule has 0 aliphatic heterocycles. The normalized spacial score (nSPS) is 12.0. The van der Waals surface area contributed by atoms with Crippen LogP contribution in [0, 0.1) is 0 Å². The van der Waals surface area contributed by atoms with Gasteiger partial charge in [-0.2, -0.15) is 0 Å². The van der Waals surface area contributed by atoms with Crippen molar-refractivity contribution in [3.63, 3.8) is 0 Å². The van der Waals surface area contributed by atoms with E-state index in [9.17, 15) is 0 Å². The molecule has 0 N–H and O–H groups in total. The van der Waals surface area contributed by atoms with E-state index in [1.165, 1.54) is 0 Å². The highest BCUT2D eigenvalue weighted by molar-refractivity contribution is 6.10. The van der Waals surface area contributed by atoms with E-state index in [-0.39, 0.29) is 0 Å². The van der Waals surface area contributed by atoms with Crippen molar-refractivity contribution in [3.05, 3.63) is 115 Å². The van der Waals surface area contributed by atoms with Crippen LogP contribution < -0.4 is 4.74 Å². The number of rotatable bonds is 4. The van der Waals surface area contributed by atoms with E-state index in [1.54, 1.807) is 36.7 Å². The van der Waals surface area contributed by atoms with Crippen molar-refractivity contribution >= 4 is 21.8 Å². The van der Waals surface area contributed by atoms with Gasteiger partial charge in [0, 0.05) is 29.2 Å². The number of hydrogen-bond donors (Lipinski definition) is 0. The maximum absolute atomic E-state index is 8.45. The summed E-state index contributed by atoms with van der Waals surface area (Å²) in [5, 5.41) is 2.22. The van der Waals surface area contributed by atoms with Crippen LogP contribution in [0.3, 0.4) is 0 Å². The molecule has 0 amide bonds. The highest BCUT2D eigenvalue weighted by atomic mass is 16.5. The van der Waals surface area contributed by atoms with Crippen LogP contribution in [0.2, 0.25) is 0 Å². The molecule has 4 heteroatoms. The van der Waals surface area contributed by atoms with Gasteiger partial charge in [-0.25, -0.2) is 9.97 Å². The Labute approximate surface area is 188 Å². The number of benzene rings is 3. The van der Waals surface area contributed by atoms with E-state index in [0.717, 1.165) is 32.9 Å². The Kier molecular flexibility index (Phi) is 3.90. The lowest BCUT2D eigenvalue weighted by Gasteiger charge is -2.09. The van der Waals surface area contributed by atoms with Crippen molar-refractivity contribution in [2.45, 2.75) is 0 Å². The second-order valence-corrected chi connectivity index (χ2v) is 7.41. The molecule has 0 aliphatic carbocycles. The lowest BCUT2D eigenvalue weighted by molar-refractivity contribution is 0.463. The second kappa shape index (κ2) is 7.67. The molecule has 0 spiro atoms. The van der Waals surface area contributed by atoms with Crippen LogP contribution in [0.1, 0.15) is 2.74 Å². The molecule has 0 unspecified atom stereocenters. The predicted molar refractivity (Wildman–Crippen MR) is 128 cm³/mol. The lowest BCUT2D eigenvalue weighted by atomic mass is 10.0. The Morgan fingerprint density at radius 3 is 2.50 bits per heavy atom. The van der Waals surface area contributed by atoms with Gasteiger partial charge in [-0.15, -0.1) is 0 Å². The number of aromatic nitrogens is 3. The maximum atomic E-state index is 8.45. The molecule has 0 saturated heterocycles. The van der Waals surface area contributed by atoms with Gasteiger partial charge in [0.2, 0.25) is 5.88 Å². The molecule has 3 heterocycles. The summed E-state index contributed by atoms with van der Waals surface area (Å²) in [6, 6.07) is 29.8. The third kappa shape index (κ3) is 3.19.